The first-order valence-corrected chi connectivity index (χ1v) is 10.0. The Bertz CT molecular complexity index is 673. The highest BCUT2D eigenvalue weighted by Crippen LogP contribution is 2.23. The normalized spacial score (nSPS) is 14.0. The third kappa shape index (κ3) is 8.45. The molecular weight excluding hydrogens is 380 g/mol. The monoisotopic (exact) mass is 410 g/mol. The smallest absolute Gasteiger partial charge is 0.417 e. The maximum absolute atomic E-state index is 11.4. The van der Waals surface area contributed by atoms with Crippen molar-refractivity contribution < 1.29 is 33.4 Å². The van der Waals surface area contributed by atoms with Crippen LogP contribution in [0.4, 0.5) is 0 Å². The molecule has 2 aliphatic rings. The maximum atomic E-state index is 11.4. The Kier molecular flexibility index (Phi) is 11.3. The second-order valence-corrected chi connectivity index (χ2v) is 6.29. The number of esters is 3. The predicted molar refractivity (Wildman–Crippen MR) is 103 cm³/mol. The van der Waals surface area contributed by atoms with Crippen LogP contribution >= 0.6 is 0 Å². The summed E-state index contributed by atoms with van der Waals surface area (Å²) >= 11 is 0. The van der Waals surface area contributed by atoms with Gasteiger partial charge in [0.15, 0.2) is 5.69 Å². The molecular formula is C20H30N2O7. The van der Waals surface area contributed by atoms with Crippen LogP contribution in [0, 0.1) is 0 Å². The molecule has 1 N–H and O–H groups in total. The average molecular weight is 410 g/mol. The van der Waals surface area contributed by atoms with Crippen LogP contribution in [0.15, 0.2) is 0 Å². The second kappa shape index (κ2) is 13.5. The molecule has 1 aromatic rings. The Morgan fingerprint density at radius 3 is 1.83 bits per heavy atom. The lowest BCUT2D eigenvalue weighted by Crippen LogP contribution is -2.19. The van der Waals surface area contributed by atoms with Crippen LogP contribution < -0.4 is 0 Å². The predicted octanol–water partition coefficient (Wildman–Crippen LogP) is 2.32. The minimum absolute atomic E-state index is 0.192. The number of ether oxygens (including phenoxy) is 3. The Labute approximate surface area is 170 Å². The van der Waals surface area contributed by atoms with Gasteiger partial charge in [-0.1, -0.05) is 0 Å². The number of H-pyrrole nitrogens is 1. The first kappa shape index (κ1) is 24.3. The zero-order chi connectivity index (χ0) is 21.6. The molecule has 0 radical (unpaired) electrons. The third-order valence-electron chi connectivity index (χ3n) is 4.15. The van der Waals surface area contributed by atoms with Gasteiger partial charge in [0.2, 0.25) is 0 Å². The van der Waals surface area contributed by atoms with E-state index >= 15 is 0 Å². The molecule has 0 aromatic carbocycles. The number of carbonyl (C=O) groups is 4. The van der Waals surface area contributed by atoms with Gasteiger partial charge in [-0.15, -0.1) is 0 Å². The van der Waals surface area contributed by atoms with Crippen molar-refractivity contribution in [1.29, 1.82) is 0 Å². The summed E-state index contributed by atoms with van der Waals surface area (Å²) in [6.07, 6.45) is 7.02. The van der Waals surface area contributed by atoms with Crippen LogP contribution in [-0.2, 0) is 41.4 Å². The van der Waals surface area contributed by atoms with Gasteiger partial charge in [0.05, 0.1) is 19.8 Å². The van der Waals surface area contributed by atoms with E-state index in [1.54, 1.807) is 20.8 Å². The van der Waals surface area contributed by atoms with Gasteiger partial charge in [-0.3, -0.25) is 9.89 Å². The van der Waals surface area contributed by atoms with Crippen LogP contribution in [0.25, 0.3) is 0 Å². The van der Waals surface area contributed by atoms with Crippen molar-refractivity contribution in [3.05, 3.63) is 17.0 Å². The standard InChI is InChI=1S/C9H12N2O2.C6H10O4.C5H8O/c1-2-13-9(12)8-6-4-3-5-7(6)10-11-8;1-3-9-5(7)6(8)10-4-2;6-5-3-1-2-4-5/h2-5H2,1H3,(H,10,11);3-4H2,1-2H3;1-4H2. The van der Waals surface area contributed by atoms with E-state index in [-0.39, 0.29) is 19.2 Å². The highest BCUT2D eigenvalue weighted by Gasteiger charge is 2.23. The quantitative estimate of drug-likeness (QED) is 0.455. The van der Waals surface area contributed by atoms with Crippen molar-refractivity contribution >= 4 is 23.7 Å². The summed E-state index contributed by atoms with van der Waals surface area (Å²) in [6, 6.07) is 0. The number of rotatable bonds is 4. The molecule has 0 unspecified atom stereocenters. The third-order valence-corrected chi connectivity index (χ3v) is 4.15. The van der Waals surface area contributed by atoms with Crippen molar-refractivity contribution in [2.45, 2.75) is 65.7 Å². The zero-order valence-electron chi connectivity index (χ0n) is 17.4. The number of aromatic amines is 1. The average Bonchev–Trinajstić information content (AvgIpc) is 3.41. The lowest BCUT2D eigenvalue weighted by Gasteiger charge is -1.99. The Balaban J connectivity index is 0.000000233. The van der Waals surface area contributed by atoms with Gasteiger partial charge in [-0.25, -0.2) is 14.4 Å². The Morgan fingerprint density at radius 1 is 0.828 bits per heavy atom. The van der Waals surface area contributed by atoms with Gasteiger partial charge in [0.1, 0.15) is 5.78 Å². The van der Waals surface area contributed by atoms with Crippen LogP contribution in [0.5, 0.6) is 0 Å². The topological polar surface area (TPSA) is 125 Å². The highest BCUT2D eigenvalue weighted by molar-refractivity contribution is 6.29. The molecule has 0 spiro atoms. The maximum Gasteiger partial charge on any atom is 0.417 e. The number of aryl methyl sites for hydroxylation is 1. The van der Waals surface area contributed by atoms with E-state index in [1.165, 1.54) is 0 Å². The van der Waals surface area contributed by atoms with Gasteiger partial charge >= 0.3 is 17.9 Å². The molecule has 1 saturated carbocycles. The number of hydrogen-bond donors (Lipinski definition) is 1. The van der Waals surface area contributed by atoms with Gasteiger partial charge < -0.3 is 14.2 Å². The number of nitrogens with zero attached hydrogens (tertiary/aromatic N) is 1. The second-order valence-electron chi connectivity index (χ2n) is 6.29. The largest absolute Gasteiger partial charge is 0.461 e. The fourth-order valence-corrected chi connectivity index (χ4v) is 2.84. The molecule has 2 aliphatic carbocycles. The molecule has 0 saturated heterocycles. The number of nitrogens with one attached hydrogen (secondary N) is 1. The van der Waals surface area contributed by atoms with Gasteiger partial charge in [0.25, 0.3) is 0 Å². The molecule has 0 atom stereocenters. The van der Waals surface area contributed by atoms with E-state index in [1.807, 2.05) is 0 Å². The molecule has 1 fully saturated rings. The molecule has 0 amide bonds. The SMILES string of the molecule is CCOC(=O)C(=O)OCC.CCOC(=O)c1n[nH]c2c1CCC2.O=C1CCCC1. The number of carbonyl (C=O) groups excluding carboxylic acids is 4. The van der Waals surface area contributed by atoms with Crippen molar-refractivity contribution in [2.24, 2.45) is 0 Å². The number of ketones is 1. The summed E-state index contributed by atoms with van der Waals surface area (Å²) in [5.41, 5.74) is 2.64. The summed E-state index contributed by atoms with van der Waals surface area (Å²) < 4.78 is 13.6. The first-order valence-electron chi connectivity index (χ1n) is 10.0. The van der Waals surface area contributed by atoms with E-state index < -0.39 is 11.9 Å². The summed E-state index contributed by atoms with van der Waals surface area (Å²) in [4.78, 5) is 42.5. The number of hydrogen-bond acceptors (Lipinski definition) is 8. The van der Waals surface area contributed by atoms with Crippen molar-refractivity contribution in [2.75, 3.05) is 19.8 Å². The van der Waals surface area contributed by atoms with Crippen LogP contribution in [0.3, 0.4) is 0 Å². The number of aromatic nitrogens is 2. The zero-order valence-corrected chi connectivity index (χ0v) is 17.4. The lowest BCUT2D eigenvalue weighted by molar-refractivity contribution is -0.167. The van der Waals surface area contributed by atoms with Crippen LogP contribution in [-0.4, -0.2) is 53.7 Å². The van der Waals surface area contributed by atoms with Gasteiger partial charge in [0, 0.05) is 24.1 Å². The van der Waals surface area contributed by atoms with Crippen molar-refractivity contribution in [3.8, 4) is 0 Å². The fourth-order valence-electron chi connectivity index (χ4n) is 2.84. The molecule has 1 aromatic heterocycles. The molecule has 3 rings (SSSR count). The lowest BCUT2D eigenvalue weighted by atomic mass is 10.2. The summed E-state index contributed by atoms with van der Waals surface area (Å²) in [5, 5.41) is 6.83. The number of Topliss-reactive ketones (excluding diaryl/α,β-unsaturated/α-hetero) is 1. The molecule has 0 aliphatic heterocycles. The molecule has 1 heterocycles. The van der Waals surface area contributed by atoms with Crippen molar-refractivity contribution in [1.82, 2.24) is 10.2 Å². The molecule has 9 nitrogen and oxygen atoms in total. The number of fused-ring (bicyclic) bond motifs is 1. The van der Waals surface area contributed by atoms with E-state index in [4.69, 9.17) is 4.74 Å². The molecule has 162 valence electrons. The van der Waals surface area contributed by atoms with E-state index in [9.17, 15) is 19.2 Å². The van der Waals surface area contributed by atoms with E-state index in [0.29, 0.717) is 18.1 Å². The summed E-state index contributed by atoms with van der Waals surface area (Å²) in [5.74, 6) is -1.70. The highest BCUT2D eigenvalue weighted by atomic mass is 16.6. The van der Waals surface area contributed by atoms with Crippen LogP contribution in [0.2, 0.25) is 0 Å². The van der Waals surface area contributed by atoms with E-state index in [2.05, 4.69) is 19.7 Å². The molecule has 29 heavy (non-hydrogen) atoms. The Morgan fingerprint density at radius 2 is 1.38 bits per heavy atom. The summed E-state index contributed by atoms with van der Waals surface area (Å²) in [6.45, 7) is 5.83. The Hall–Kier alpha value is -2.71. The van der Waals surface area contributed by atoms with Gasteiger partial charge in [-0.05, 0) is 52.9 Å². The molecule has 9 heteroatoms. The summed E-state index contributed by atoms with van der Waals surface area (Å²) in [7, 11) is 0. The first-order chi connectivity index (χ1) is 13.9. The minimum Gasteiger partial charge on any atom is -0.461 e. The minimum atomic E-state index is -0.927. The van der Waals surface area contributed by atoms with Gasteiger partial charge in [-0.2, -0.15) is 5.10 Å². The molecule has 0 bridgehead atoms. The fraction of sp³-hybridized carbons (Fsp3) is 0.650. The van der Waals surface area contributed by atoms with Crippen LogP contribution in [0.1, 0.15) is 74.6 Å². The van der Waals surface area contributed by atoms with E-state index in [0.717, 1.165) is 56.2 Å². The van der Waals surface area contributed by atoms with Crippen molar-refractivity contribution in [3.63, 3.8) is 0 Å².